The fourth-order valence-corrected chi connectivity index (χ4v) is 3.11. The Hall–Kier alpha value is -3.34. The molecule has 3 N–H and O–H groups in total. The predicted molar refractivity (Wildman–Crippen MR) is 110 cm³/mol. The second-order valence-electron chi connectivity index (χ2n) is 5.88. The number of nitrogens with zero attached hydrogens (tertiary/aromatic N) is 2. The van der Waals surface area contributed by atoms with Crippen LogP contribution in [-0.4, -0.2) is 11.0 Å². The van der Waals surface area contributed by atoms with E-state index in [2.05, 4.69) is 26.4 Å². The van der Waals surface area contributed by atoms with Crippen molar-refractivity contribution in [3.8, 4) is 6.07 Å². The summed E-state index contributed by atoms with van der Waals surface area (Å²) in [6.07, 6.45) is 3.39. The first kappa shape index (κ1) is 19.4. The Balaban J connectivity index is 1.44. The molecule has 3 aromatic rings. The standard InChI is InChI=1S/C21H19N5OS/c22-13-17-3-1-2-4-18(17)15-25-28-20-7-5-19(6-8-20)26-21(27)24-14-16-9-11-23-12-10-16/h1-12,25H,14-15H2,(H2,24,26,27). The van der Waals surface area contributed by atoms with E-state index in [-0.39, 0.29) is 6.03 Å². The molecule has 1 heterocycles. The third-order valence-electron chi connectivity index (χ3n) is 3.91. The number of rotatable bonds is 7. The van der Waals surface area contributed by atoms with Gasteiger partial charge in [0.1, 0.15) is 0 Å². The highest BCUT2D eigenvalue weighted by molar-refractivity contribution is 7.97. The normalized spacial score (nSPS) is 10.1. The van der Waals surface area contributed by atoms with Crippen molar-refractivity contribution in [1.29, 1.82) is 5.26 Å². The van der Waals surface area contributed by atoms with E-state index >= 15 is 0 Å². The Kier molecular flexibility index (Phi) is 7.01. The van der Waals surface area contributed by atoms with Crippen LogP contribution < -0.4 is 15.4 Å². The van der Waals surface area contributed by atoms with Crippen molar-refractivity contribution in [3.05, 3.63) is 89.7 Å². The maximum Gasteiger partial charge on any atom is 0.319 e. The quantitative estimate of drug-likeness (QED) is 0.530. The molecule has 3 rings (SSSR count). The van der Waals surface area contributed by atoms with E-state index in [0.717, 1.165) is 16.0 Å². The minimum Gasteiger partial charge on any atom is -0.334 e. The van der Waals surface area contributed by atoms with Gasteiger partial charge in [0, 0.05) is 36.1 Å². The van der Waals surface area contributed by atoms with Gasteiger partial charge in [-0.3, -0.25) is 9.71 Å². The monoisotopic (exact) mass is 389 g/mol. The van der Waals surface area contributed by atoms with Gasteiger partial charge in [-0.15, -0.1) is 0 Å². The third kappa shape index (κ3) is 5.84. The number of benzene rings is 2. The van der Waals surface area contributed by atoms with Gasteiger partial charge in [0.25, 0.3) is 0 Å². The van der Waals surface area contributed by atoms with Crippen molar-refractivity contribution in [2.75, 3.05) is 5.32 Å². The van der Waals surface area contributed by atoms with Gasteiger partial charge in [-0.25, -0.2) is 4.79 Å². The average molecular weight is 389 g/mol. The highest BCUT2D eigenvalue weighted by atomic mass is 32.2. The molecular formula is C21H19N5OS. The van der Waals surface area contributed by atoms with Gasteiger partial charge >= 0.3 is 6.03 Å². The van der Waals surface area contributed by atoms with Crippen LogP contribution in [0, 0.1) is 11.3 Å². The zero-order valence-corrected chi connectivity index (χ0v) is 15.9. The third-order valence-corrected chi connectivity index (χ3v) is 4.70. The van der Waals surface area contributed by atoms with Crippen LogP contribution in [0.2, 0.25) is 0 Å². The summed E-state index contributed by atoms with van der Waals surface area (Å²) in [7, 11) is 0. The van der Waals surface area contributed by atoms with Gasteiger partial charge in [-0.2, -0.15) is 5.26 Å². The Morgan fingerprint density at radius 3 is 2.50 bits per heavy atom. The molecule has 0 spiro atoms. The van der Waals surface area contributed by atoms with Crippen LogP contribution >= 0.6 is 11.9 Å². The molecule has 0 atom stereocenters. The number of pyridine rings is 1. The second kappa shape index (κ2) is 10.1. The molecule has 0 radical (unpaired) electrons. The van der Waals surface area contributed by atoms with Gasteiger partial charge in [-0.1, -0.05) is 18.2 Å². The van der Waals surface area contributed by atoms with E-state index in [1.165, 1.54) is 11.9 Å². The smallest absolute Gasteiger partial charge is 0.319 e. The predicted octanol–water partition coefficient (Wildman–Crippen LogP) is 4.07. The second-order valence-corrected chi connectivity index (χ2v) is 6.84. The summed E-state index contributed by atoms with van der Waals surface area (Å²) >= 11 is 1.48. The molecule has 7 heteroatoms. The number of anilines is 1. The average Bonchev–Trinajstić information content (AvgIpc) is 2.74. The molecule has 1 aromatic heterocycles. The summed E-state index contributed by atoms with van der Waals surface area (Å²) in [5.41, 5.74) is 3.34. The number of nitriles is 1. The number of urea groups is 1. The largest absolute Gasteiger partial charge is 0.334 e. The Bertz CT molecular complexity index is 955. The van der Waals surface area contributed by atoms with Crippen molar-refractivity contribution in [2.45, 2.75) is 18.0 Å². The van der Waals surface area contributed by atoms with Crippen molar-refractivity contribution < 1.29 is 4.79 Å². The number of amides is 2. The molecule has 6 nitrogen and oxygen atoms in total. The van der Waals surface area contributed by atoms with Gasteiger partial charge in [0.15, 0.2) is 0 Å². The maximum atomic E-state index is 12.0. The molecule has 140 valence electrons. The summed E-state index contributed by atoms with van der Waals surface area (Å²) in [4.78, 5) is 16.9. The molecule has 2 amide bonds. The van der Waals surface area contributed by atoms with Crippen molar-refractivity contribution in [2.24, 2.45) is 0 Å². The van der Waals surface area contributed by atoms with Crippen molar-refractivity contribution >= 4 is 23.7 Å². The van der Waals surface area contributed by atoms with E-state index in [0.29, 0.717) is 24.3 Å². The number of carbonyl (C=O) groups is 1. The fraction of sp³-hybridized carbons (Fsp3) is 0.0952. The Labute approximate surface area is 168 Å². The number of nitrogens with one attached hydrogen (secondary N) is 3. The summed E-state index contributed by atoms with van der Waals surface area (Å²) in [6.45, 7) is 1.03. The molecule has 0 aliphatic carbocycles. The van der Waals surface area contributed by atoms with E-state index in [1.54, 1.807) is 12.4 Å². The van der Waals surface area contributed by atoms with Crippen molar-refractivity contribution in [1.82, 2.24) is 15.0 Å². The first-order chi connectivity index (χ1) is 13.7. The van der Waals surface area contributed by atoms with Crippen LogP contribution in [0.15, 0.2) is 78.0 Å². The highest BCUT2D eigenvalue weighted by Crippen LogP contribution is 2.19. The Morgan fingerprint density at radius 2 is 1.75 bits per heavy atom. The molecule has 2 aromatic carbocycles. The first-order valence-electron chi connectivity index (χ1n) is 8.66. The molecule has 0 unspecified atom stereocenters. The number of hydrogen-bond donors (Lipinski definition) is 3. The van der Waals surface area contributed by atoms with Crippen LogP contribution in [-0.2, 0) is 13.1 Å². The minimum atomic E-state index is -0.261. The molecule has 0 aliphatic rings. The van der Waals surface area contributed by atoms with E-state index in [1.807, 2.05) is 60.7 Å². The summed E-state index contributed by atoms with van der Waals surface area (Å²) < 4.78 is 3.25. The topological polar surface area (TPSA) is 89.8 Å². The molecule has 0 fully saturated rings. The van der Waals surface area contributed by atoms with E-state index < -0.39 is 0 Å². The lowest BCUT2D eigenvalue weighted by Crippen LogP contribution is -2.28. The summed E-state index contributed by atoms with van der Waals surface area (Å²) in [6, 6.07) is 20.7. The zero-order valence-electron chi connectivity index (χ0n) is 15.1. The highest BCUT2D eigenvalue weighted by Gasteiger charge is 2.03. The molecule has 0 saturated carbocycles. The van der Waals surface area contributed by atoms with Crippen LogP contribution in [0.1, 0.15) is 16.7 Å². The minimum absolute atomic E-state index is 0.261. The number of aromatic nitrogens is 1. The van der Waals surface area contributed by atoms with E-state index in [4.69, 9.17) is 5.26 Å². The SMILES string of the molecule is N#Cc1ccccc1CNSc1ccc(NC(=O)NCc2ccncc2)cc1. The van der Waals surface area contributed by atoms with Gasteiger partial charge in [0.2, 0.25) is 0 Å². The summed E-state index contributed by atoms with van der Waals surface area (Å²) in [5, 5.41) is 14.7. The fourth-order valence-electron chi connectivity index (χ4n) is 2.45. The number of carbonyl (C=O) groups excluding carboxylic acids is 1. The summed E-state index contributed by atoms with van der Waals surface area (Å²) in [5.74, 6) is 0. The van der Waals surface area contributed by atoms with Crippen LogP contribution in [0.4, 0.5) is 10.5 Å². The van der Waals surface area contributed by atoms with Crippen LogP contribution in [0.5, 0.6) is 0 Å². The molecule has 0 saturated heterocycles. The lowest BCUT2D eigenvalue weighted by atomic mass is 10.1. The first-order valence-corrected chi connectivity index (χ1v) is 9.48. The van der Waals surface area contributed by atoms with Crippen LogP contribution in [0.3, 0.4) is 0 Å². The van der Waals surface area contributed by atoms with Gasteiger partial charge in [0.05, 0.1) is 11.6 Å². The Morgan fingerprint density at radius 1 is 1.00 bits per heavy atom. The maximum absolute atomic E-state index is 12.0. The lowest BCUT2D eigenvalue weighted by Gasteiger charge is -2.09. The van der Waals surface area contributed by atoms with Crippen LogP contribution in [0.25, 0.3) is 0 Å². The molecular weight excluding hydrogens is 370 g/mol. The number of hydrogen-bond acceptors (Lipinski definition) is 5. The van der Waals surface area contributed by atoms with Gasteiger partial charge < -0.3 is 10.6 Å². The zero-order chi connectivity index (χ0) is 19.6. The van der Waals surface area contributed by atoms with Gasteiger partial charge in [-0.05, 0) is 65.5 Å². The molecule has 0 bridgehead atoms. The van der Waals surface area contributed by atoms with E-state index in [9.17, 15) is 4.79 Å². The lowest BCUT2D eigenvalue weighted by molar-refractivity contribution is 0.251. The molecule has 0 aliphatic heterocycles. The van der Waals surface area contributed by atoms with Crippen molar-refractivity contribution in [3.63, 3.8) is 0 Å². The molecule has 28 heavy (non-hydrogen) atoms.